The molecule has 0 saturated heterocycles. The van der Waals surface area contributed by atoms with Crippen molar-refractivity contribution in [2.24, 2.45) is 0 Å². The number of carbonyl (C=O) groups excluding carboxylic acids is 1. The van der Waals surface area contributed by atoms with Crippen LogP contribution >= 0.6 is 0 Å². The molecule has 1 N–H and O–H groups in total. The summed E-state index contributed by atoms with van der Waals surface area (Å²) in [5.41, 5.74) is 2.02. The molecule has 4 heteroatoms. The molecule has 0 aromatic heterocycles. The predicted octanol–water partition coefficient (Wildman–Crippen LogP) is 3.68. The van der Waals surface area contributed by atoms with E-state index >= 15 is 0 Å². The standard InChI is InChI=1S/C21H23NO3/c1-3-25-21(23)20(22-18-13-15-19(24-2)16-14-18)12-8-7-11-17-9-5-4-6-10-17/h4-6,9-10,13-16,20,22H,3,7,11H2,1-2H3/t20-/m1/s1. The lowest BCUT2D eigenvalue weighted by molar-refractivity contribution is -0.142. The highest BCUT2D eigenvalue weighted by molar-refractivity contribution is 5.83. The van der Waals surface area contributed by atoms with E-state index in [-0.39, 0.29) is 5.97 Å². The number of carbonyl (C=O) groups is 1. The minimum absolute atomic E-state index is 0.325. The van der Waals surface area contributed by atoms with Gasteiger partial charge in [-0.25, -0.2) is 4.79 Å². The van der Waals surface area contributed by atoms with Crippen LogP contribution in [0.15, 0.2) is 54.6 Å². The molecule has 0 saturated carbocycles. The van der Waals surface area contributed by atoms with Crippen LogP contribution in [0, 0.1) is 11.8 Å². The number of benzene rings is 2. The van der Waals surface area contributed by atoms with Crippen LogP contribution in [0.4, 0.5) is 5.69 Å². The molecule has 0 bridgehead atoms. The predicted molar refractivity (Wildman–Crippen MR) is 99.6 cm³/mol. The number of hydrogen-bond acceptors (Lipinski definition) is 4. The Hall–Kier alpha value is -2.93. The van der Waals surface area contributed by atoms with Gasteiger partial charge in [0.05, 0.1) is 13.7 Å². The van der Waals surface area contributed by atoms with Gasteiger partial charge < -0.3 is 14.8 Å². The molecule has 0 fully saturated rings. The first kappa shape index (κ1) is 18.4. The molecule has 0 spiro atoms. The maximum absolute atomic E-state index is 12.1. The van der Waals surface area contributed by atoms with Crippen LogP contribution in [0.5, 0.6) is 5.75 Å². The lowest BCUT2D eigenvalue weighted by Crippen LogP contribution is -2.30. The van der Waals surface area contributed by atoms with Crippen molar-refractivity contribution in [3.63, 3.8) is 0 Å². The second-order valence-electron chi connectivity index (χ2n) is 5.36. The van der Waals surface area contributed by atoms with Gasteiger partial charge in [0.2, 0.25) is 0 Å². The van der Waals surface area contributed by atoms with Crippen molar-refractivity contribution in [3.05, 3.63) is 60.2 Å². The maximum Gasteiger partial charge on any atom is 0.341 e. The number of rotatable bonds is 7. The number of nitrogens with one attached hydrogen (secondary N) is 1. The topological polar surface area (TPSA) is 47.6 Å². The zero-order valence-electron chi connectivity index (χ0n) is 14.6. The number of anilines is 1. The van der Waals surface area contributed by atoms with Crippen molar-refractivity contribution in [3.8, 4) is 17.6 Å². The van der Waals surface area contributed by atoms with E-state index in [4.69, 9.17) is 9.47 Å². The number of aryl methyl sites for hydroxylation is 1. The monoisotopic (exact) mass is 337 g/mol. The molecule has 25 heavy (non-hydrogen) atoms. The third kappa shape index (κ3) is 6.23. The average Bonchev–Trinajstić information content (AvgIpc) is 2.65. The van der Waals surface area contributed by atoms with Crippen molar-refractivity contribution in [1.82, 2.24) is 0 Å². The Morgan fingerprint density at radius 2 is 1.84 bits per heavy atom. The van der Waals surface area contributed by atoms with E-state index in [1.165, 1.54) is 5.56 Å². The molecule has 4 nitrogen and oxygen atoms in total. The maximum atomic E-state index is 12.1. The van der Waals surface area contributed by atoms with Crippen LogP contribution in [0.3, 0.4) is 0 Å². The van der Waals surface area contributed by atoms with Crippen LogP contribution in [0.25, 0.3) is 0 Å². The summed E-state index contributed by atoms with van der Waals surface area (Å²) in [7, 11) is 1.61. The number of ether oxygens (including phenoxy) is 2. The van der Waals surface area contributed by atoms with Crippen molar-refractivity contribution in [1.29, 1.82) is 0 Å². The van der Waals surface area contributed by atoms with E-state index in [1.807, 2.05) is 42.5 Å². The summed E-state index contributed by atoms with van der Waals surface area (Å²) in [6.45, 7) is 2.11. The summed E-state index contributed by atoms with van der Waals surface area (Å²) in [6, 6.07) is 16.8. The zero-order valence-corrected chi connectivity index (χ0v) is 14.6. The van der Waals surface area contributed by atoms with Crippen LogP contribution in [0.1, 0.15) is 18.9 Å². The van der Waals surface area contributed by atoms with Crippen LogP contribution in [-0.2, 0) is 16.0 Å². The van der Waals surface area contributed by atoms with Crippen molar-refractivity contribution in [2.75, 3.05) is 19.0 Å². The Labute approximate surface area is 149 Å². The molecule has 0 aliphatic carbocycles. The molecule has 2 aromatic carbocycles. The Kier molecular flexibility index (Phi) is 7.40. The molecule has 0 unspecified atom stereocenters. The van der Waals surface area contributed by atoms with Gasteiger partial charge in [-0.2, -0.15) is 0 Å². The zero-order chi connectivity index (χ0) is 17.9. The van der Waals surface area contributed by atoms with Gasteiger partial charge in [0.25, 0.3) is 0 Å². The fraction of sp³-hybridized carbons (Fsp3) is 0.286. The lowest BCUT2D eigenvalue weighted by atomic mass is 10.1. The van der Waals surface area contributed by atoms with E-state index in [0.29, 0.717) is 13.0 Å². The van der Waals surface area contributed by atoms with E-state index in [1.54, 1.807) is 14.0 Å². The number of methoxy groups -OCH3 is 1. The average molecular weight is 337 g/mol. The van der Waals surface area contributed by atoms with Gasteiger partial charge in [-0.1, -0.05) is 36.3 Å². The Balaban J connectivity index is 2.00. The smallest absolute Gasteiger partial charge is 0.341 e. The Morgan fingerprint density at radius 3 is 2.48 bits per heavy atom. The molecule has 0 aliphatic rings. The summed E-state index contributed by atoms with van der Waals surface area (Å²) in [5.74, 6) is 6.45. The third-order valence-electron chi connectivity index (χ3n) is 3.55. The first-order valence-corrected chi connectivity index (χ1v) is 8.32. The fourth-order valence-electron chi connectivity index (χ4n) is 2.26. The Bertz CT molecular complexity index is 714. The quantitative estimate of drug-likeness (QED) is 0.618. The molecular weight excluding hydrogens is 314 g/mol. The van der Waals surface area contributed by atoms with Gasteiger partial charge in [-0.15, -0.1) is 5.92 Å². The number of hydrogen-bond donors (Lipinski definition) is 1. The summed E-state index contributed by atoms with van der Waals surface area (Å²) in [4.78, 5) is 12.1. The first-order chi connectivity index (χ1) is 12.2. The lowest BCUT2D eigenvalue weighted by Gasteiger charge is -2.13. The summed E-state index contributed by atoms with van der Waals surface area (Å²) in [5, 5.41) is 3.11. The largest absolute Gasteiger partial charge is 0.497 e. The second kappa shape index (κ2) is 10.0. The first-order valence-electron chi connectivity index (χ1n) is 8.32. The highest BCUT2D eigenvalue weighted by Crippen LogP contribution is 2.16. The highest BCUT2D eigenvalue weighted by Gasteiger charge is 2.16. The van der Waals surface area contributed by atoms with Crippen LogP contribution < -0.4 is 10.1 Å². The molecular formula is C21H23NO3. The van der Waals surface area contributed by atoms with Crippen molar-refractivity contribution < 1.29 is 14.3 Å². The van der Waals surface area contributed by atoms with Crippen LogP contribution in [-0.4, -0.2) is 25.7 Å². The molecule has 2 rings (SSSR count). The van der Waals surface area contributed by atoms with Gasteiger partial charge in [-0.3, -0.25) is 0 Å². The fourth-order valence-corrected chi connectivity index (χ4v) is 2.26. The van der Waals surface area contributed by atoms with Gasteiger partial charge in [0.1, 0.15) is 5.75 Å². The normalized spacial score (nSPS) is 11.0. The van der Waals surface area contributed by atoms with Gasteiger partial charge >= 0.3 is 5.97 Å². The van der Waals surface area contributed by atoms with E-state index < -0.39 is 6.04 Å². The molecule has 130 valence electrons. The minimum Gasteiger partial charge on any atom is -0.497 e. The summed E-state index contributed by atoms with van der Waals surface area (Å²) >= 11 is 0. The summed E-state index contributed by atoms with van der Waals surface area (Å²) in [6.07, 6.45) is 1.54. The molecule has 0 amide bonds. The Morgan fingerprint density at radius 1 is 1.12 bits per heavy atom. The van der Waals surface area contributed by atoms with Gasteiger partial charge in [0, 0.05) is 12.1 Å². The van der Waals surface area contributed by atoms with Gasteiger partial charge in [0.15, 0.2) is 6.04 Å². The van der Waals surface area contributed by atoms with E-state index in [2.05, 4.69) is 29.3 Å². The SMILES string of the molecule is CCOC(=O)[C@@H](C#CCCc1ccccc1)Nc1ccc(OC)cc1. The minimum atomic E-state index is -0.691. The van der Waals surface area contributed by atoms with Gasteiger partial charge in [-0.05, 0) is 43.2 Å². The molecule has 0 heterocycles. The number of esters is 1. The molecule has 2 aromatic rings. The second-order valence-corrected chi connectivity index (χ2v) is 5.36. The van der Waals surface area contributed by atoms with E-state index in [0.717, 1.165) is 17.9 Å². The molecule has 0 radical (unpaired) electrons. The van der Waals surface area contributed by atoms with Crippen molar-refractivity contribution in [2.45, 2.75) is 25.8 Å². The highest BCUT2D eigenvalue weighted by atomic mass is 16.5. The third-order valence-corrected chi connectivity index (χ3v) is 3.55. The molecule has 0 aliphatic heterocycles. The van der Waals surface area contributed by atoms with Crippen LogP contribution in [0.2, 0.25) is 0 Å². The van der Waals surface area contributed by atoms with E-state index in [9.17, 15) is 4.79 Å². The van der Waals surface area contributed by atoms with Crippen molar-refractivity contribution >= 4 is 11.7 Å². The summed E-state index contributed by atoms with van der Waals surface area (Å²) < 4.78 is 10.2. The molecule has 1 atom stereocenters.